The highest BCUT2D eigenvalue weighted by atomic mass is 16.5. The molecule has 2 rings (SSSR count). The van der Waals surface area contributed by atoms with Crippen molar-refractivity contribution >= 4 is 23.5 Å². The zero-order valence-corrected chi connectivity index (χ0v) is 13.3. The second-order valence-electron chi connectivity index (χ2n) is 5.61. The third-order valence-electron chi connectivity index (χ3n) is 3.71. The number of hydrogen-bond acceptors (Lipinski definition) is 4. The molecule has 1 aliphatic rings. The summed E-state index contributed by atoms with van der Waals surface area (Å²) in [5, 5.41) is 2.67. The van der Waals surface area contributed by atoms with Crippen LogP contribution in [0, 0.1) is 0 Å². The molecule has 0 aliphatic carbocycles. The van der Waals surface area contributed by atoms with Gasteiger partial charge in [-0.15, -0.1) is 0 Å². The number of hydrogen-bond donors (Lipinski definition) is 1. The zero-order valence-electron chi connectivity index (χ0n) is 13.3. The minimum absolute atomic E-state index is 0.0270. The Balaban J connectivity index is 1.81. The molecule has 124 valence electrons. The number of rotatable bonds is 5. The van der Waals surface area contributed by atoms with Crippen molar-refractivity contribution in [2.45, 2.75) is 38.7 Å². The second kappa shape index (κ2) is 8.31. The standard InChI is InChI=1S/C17H22N2O4/c1-13(17(22)18-14-8-4-2-5-9-14)23-16(21)12-19-11-7-3-6-10-15(19)20/h2,4-5,8-9,13H,3,6-7,10-12H2,1H3,(H,18,22)/t13-/m1/s1. The molecule has 1 saturated heterocycles. The van der Waals surface area contributed by atoms with Crippen LogP contribution >= 0.6 is 0 Å². The summed E-state index contributed by atoms with van der Waals surface area (Å²) in [4.78, 5) is 37.3. The lowest BCUT2D eigenvalue weighted by Gasteiger charge is -2.20. The van der Waals surface area contributed by atoms with Crippen molar-refractivity contribution in [3.05, 3.63) is 30.3 Å². The van der Waals surface area contributed by atoms with E-state index in [4.69, 9.17) is 4.74 Å². The molecule has 1 N–H and O–H groups in total. The number of para-hydroxylation sites is 1. The monoisotopic (exact) mass is 318 g/mol. The van der Waals surface area contributed by atoms with Crippen LogP contribution in [0.4, 0.5) is 5.69 Å². The van der Waals surface area contributed by atoms with Gasteiger partial charge in [0, 0.05) is 18.7 Å². The smallest absolute Gasteiger partial charge is 0.326 e. The molecule has 1 aromatic carbocycles. The maximum absolute atomic E-state index is 12.0. The molecule has 0 bridgehead atoms. The van der Waals surface area contributed by atoms with Gasteiger partial charge in [-0.2, -0.15) is 0 Å². The number of esters is 1. The Kier molecular flexibility index (Phi) is 6.14. The number of carbonyl (C=O) groups excluding carboxylic acids is 3. The van der Waals surface area contributed by atoms with Gasteiger partial charge in [-0.25, -0.2) is 0 Å². The van der Waals surface area contributed by atoms with Gasteiger partial charge in [-0.3, -0.25) is 14.4 Å². The van der Waals surface area contributed by atoms with Gasteiger partial charge >= 0.3 is 5.97 Å². The van der Waals surface area contributed by atoms with Gasteiger partial charge < -0.3 is 15.0 Å². The molecule has 0 radical (unpaired) electrons. The lowest BCUT2D eigenvalue weighted by Crippen LogP contribution is -2.38. The van der Waals surface area contributed by atoms with Crippen molar-refractivity contribution in [1.29, 1.82) is 0 Å². The van der Waals surface area contributed by atoms with Gasteiger partial charge in [0.25, 0.3) is 5.91 Å². The molecule has 1 aromatic rings. The van der Waals surface area contributed by atoms with E-state index in [2.05, 4.69) is 5.32 Å². The van der Waals surface area contributed by atoms with Crippen LogP contribution in [0.25, 0.3) is 0 Å². The van der Waals surface area contributed by atoms with E-state index in [1.54, 1.807) is 24.3 Å². The van der Waals surface area contributed by atoms with E-state index in [0.717, 1.165) is 19.3 Å². The summed E-state index contributed by atoms with van der Waals surface area (Å²) in [6, 6.07) is 8.95. The molecule has 0 saturated carbocycles. The van der Waals surface area contributed by atoms with E-state index in [0.29, 0.717) is 18.7 Å². The van der Waals surface area contributed by atoms with Crippen LogP contribution in [0.2, 0.25) is 0 Å². The van der Waals surface area contributed by atoms with Gasteiger partial charge in [0.2, 0.25) is 5.91 Å². The Morgan fingerprint density at radius 2 is 1.96 bits per heavy atom. The van der Waals surface area contributed by atoms with E-state index < -0.39 is 18.0 Å². The van der Waals surface area contributed by atoms with E-state index >= 15 is 0 Å². The molecule has 2 amide bonds. The first-order valence-corrected chi connectivity index (χ1v) is 7.89. The highest BCUT2D eigenvalue weighted by molar-refractivity contribution is 5.95. The van der Waals surface area contributed by atoms with Crippen LogP contribution in [0.5, 0.6) is 0 Å². The van der Waals surface area contributed by atoms with Gasteiger partial charge in [0.05, 0.1) is 0 Å². The third kappa shape index (κ3) is 5.39. The highest BCUT2D eigenvalue weighted by Crippen LogP contribution is 2.11. The first kappa shape index (κ1) is 17.0. The summed E-state index contributed by atoms with van der Waals surface area (Å²) in [5.74, 6) is -0.983. The van der Waals surface area contributed by atoms with E-state index in [1.165, 1.54) is 11.8 Å². The summed E-state index contributed by atoms with van der Waals surface area (Å²) in [6.07, 6.45) is 2.30. The van der Waals surface area contributed by atoms with Gasteiger partial charge in [-0.1, -0.05) is 24.6 Å². The van der Waals surface area contributed by atoms with Crippen LogP contribution in [0.3, 0.4) is 0 Å². The Morgan fingerprint density at radius 3 is 2.70 bits per heavy atom. The molecule has 0 unspecified atom stereocenters. The van der Waals surface area contributed by atoms with Crippen molar-refractivity contribution in [2.75, 3.05) is 18.4 Å². The molecule has 0 spiro atoms. The first-order valence-electron chi connectivity index (χ1n) is 7.89. The number of carbonyl (C=O) groups is 3. The topological polar surface area (TPSA) is 75.7 Å². The van der Waals surface area contributed by atoms with Crippen LogP contribution in [0.15, 0.2) is 30.3 Å². The molecule has 1 aliphatic heterocycles. The molecular formula is C17H22N2O4. The Labute approximate surface area is 135 Å². The van der Waals surface area contributed by atoms with Crippen LogP contribution < -0.4 is 5.32 Å². The quantitative estimate of drug-likeness (QED) is 0.842. The fourth-order valence-electron chi connectivity index (χ4n) is 2.41. The maximum atomic E-state index is 12.0. The van der Waals surface area contributed by atoms with Crippen LogP contribution in [-0.4, -0.2) is 41.9 Å². The molecule has 1 atom stereocenters. The lowest BCUT2D eigenvalue weighted by atomic mass is 10.2. The SMILES string of the molecule is C[C@@H](OC(=O)CN1CCCCCC1=O)C(=O)Nc1ccccc1. The average Bonchev–Trinajstić information content (AvgIpc) is 2.73. The Morgan fingerprint density at radius 1 is 1.22 bits per heavy atom. The lowest BCUT2D eigenvalue weighted by molar-refractivity contribution is -0.156. The summed E-state index contributed by atoms with van der Waals surface area (Å²) < 4.78 is 5.13. The predicted octanol–water partition coefficient (Wildman–Crippen LogP) is 1.96. The van der Waals surface area contributed by atoms with Crippen LogP contribution in [-0.2, 0) is 19.1 Å². The first-order chi connectivity index (χ1) is 11.1. The molecule has 6 nitrogen and oxygen atoms in total. The van der Waals surface area contributed by atoms with E-state index in [9.17, 15) is 14.4 Å². The average molecular weight is 318 g/mol. The Bertz CT molecular complexity index is 559. The zero-order chi connectivity index (χ0) is 16.7. The number of amides is 2. The van der Waals surface area contributed by atoms with Gasteiger partial charge in [-0.05, 0) is 31.9 Å². The molecule has 6 heteroatoms. The van der Waals surface area contributed by atoms with Crippen molar-refractivity contribution in [3.63, 3.8) is 0 Å². The number of nitrogens with zero attached hydrogens (tertiary/aromatic N) is 1. The van der Waals surface area contributed by atoms with Crippen molar-refractivity contribution in [3.8, 4) is 0 Å². The van der Waals surface area contributed by atoms with Crippen molar-refractivity contribution in [2.24, 2.45) is 0 Å². The third-order valence-corrected chi connectivity index (χ3v) is 3.71. The number of anilines is 1. The molecule has 23 heavy (non-hydrogen) atoms. The minimum atomic E-state index is -0.912. The fourth-order valence-corrected chi connectivity index (χ4v) is 2.41. The second-order valence-corrected chi connectivity index (χ2v) is 5.61. The number of ether oxygens (including phenoxy) is 1. The minimum Gasteiger partial charge on any atom is -0.451 e. The Hall–Kier alpha value is -2.37. The summed E-state index contributed by atoms with van der Waals surface area (Å²) >= 11 is 0. The number of benzene rings is 1. The van der Waals surface area contributed by atoms with Crippen LogP contribution in [0.1, 0.15) is 32.6 Å². The van der Waals surface area contributed by atoms with E-state index in [1.807, 2.05) is 6.07 Å². The van der Waals surface area contributed by atoms with Crippen molar-refractivity contribution < 1.29 is 19.1 Å². The maximum Gasteiger partial charge on any atom is 0.326 e. The van der Waals surface area contributed by atoms with Crippen molar-refractivity contribution in [1.82, 2.24) is 4.90 Å². The number of likely N-dealkylation sites (tertiary alicyclic amines) is 1. The molecule has 0 aromatic heterocycles. The van der Waals surface area contributed by atoms with Gasteiger partial charge in [0.15, 0.2) is 6.10 Å². The fraction of sp³-hybridized carbons (Fsp3) is 0.471. The normalized spacial score (nSPS) is 16.4. The largest absolute Gasteiger partial charge is 0.451 e. The van der Waals surface area contributed by atoms with E-state index in [-0.39, 0.29) is 12.5 Å². The molecular weight excluding hydrogens is 296 g/mol. The summed E-state index contributed by atoms with van der Waals surface area (Å²) in [6.45, 7) is 1.99. The molecule has 1 heterocycles. The van der Waals surface area contributed by atoms with Gasteiger partial charge in [0.1, 0.15) is 6.54 Å². The highest BCUT2D eigenvalue weighted by Gasteiger charge is 2.23. The summed E-state index contributed by atoms with van der Waals surface area (Å²) in [7, 11) is 0. The molecule has 1 fully saturated rings. The number of nitrogens with one attached hydrogen (secondary N) is 1. The summed E-state index contributed by atoms with van der Waals surface area (Å²) in [5.41, 5.74) is 0.642. The predicted molar refractivity (Wildman–Crippen MR) is 85.7 cm³/mol.